The minimum Gasteiger partial charge on any atom is -0.379 e. The lowest BCUT2D eigenvalue weighted by Crippen LogP contribution is -2.48. The SMILES string of the molecule is C[C@@H]([C@H](O)C#C[Si](C)(C)C)N(Cc1ccccc1)C[Si](C)(C)C. The van der Waals surface area contributed by atoms with Crippen LogP contribution in [0.15, 0.2) is 30.3 Å². The maximum atomic E-state index is 10.5. The molecule has 0 radical (unpaired) electrons. The maximum Gasteiger partial charge on any atom is 0.129 e. The molecule has 0 heterocycles. The zero-order valence-corrected chi connectivity index (χ0v) is 17.9. The van der Waals surface area contributed by atoms with E-state index in [0.29, 0.717) is 0 Å². The Morgan fingerprint density at radius 3 is 2.09 bits per heavy atom. The first kappa shape index (κ1) is 20.2. The van der Waals surface area contributed by atoms with E-state index < -0.39 is 22.3 Å². The molecule has 0 aromatic heterocycles. The van der Waals surface area contributed by atoms with Crippen LogP contribution in [0.2, 0.25) is 39.3 Å². The summed E-state index contributed by atoms with van der Waals surface area (Å²) >= 11 is 0. The summed E-state index contributed by atoms with van der Waals surface area (Å²) in [5.41, 5.74) is 4.60. The number of aliphatic hydroxyl groups is 1. The maximum absolute atomic E-state index is 10.5. The van der Waals surface area contributed by atoms with Crippen LogP contribution in [0.4, 0.5) is 0 Å². The molecule has 1 aromatic carbocycles. The number of benzene rings is 1. The van der Waals surface area contributed by atoms with Gasteiger partial charge in [0.2, 0.25) is 0 Å². The first-order valence-corrected chi connectivity index (χ1v) is 15.7. The van der Waals surface area contributed by atoms with Gasteiger partial charge in [-0.3, -0.25) is 4.90 Å². The van der Waals surface area contributed by atoms with E-state index in [9.17, 15) is 5.11 Å². The van der Waals surface area contributed by atoms with Gasteiger partial charge in [0.1, 0.15) is 14.2 Å². The average molecular weight is 348 g/mol. The number of hydrogen-bond acceptors (Lipinski definition) is 2. The Morgan fingerprint density at radius 2 is 1.61 bits per heavy atom. The Kier molecular flexibility index (Phi) is 7.28. The highest BCUT2D eigenvalue weighted by Gasteiger charge is 2.26. The standard InChI is InChI=1S/C19H33NOSi2/c1-17(19(21)13-14-22(2,3)4)20(16-23(5,6)7)15-18-11-9-8-10-12-18/h8-12,17,19,21H,15-16H2,1-7H3/t17-,19+/m0/s1. The topological polar surface area (TPSA) is 23.5 Å². The number of aliphatic hydroxyl groups excluding tert-OH is 1. The molecule has 0 fully saturated rings. The third-order valence-corrected chi connectivity index (χ3v) is 5.78. The summed E-state index contributed by atoms with van der Waals surface area (Å²) in [5.74, 6) is 3.12. The van der Waals surface area contributed by atoms with Crippen molar-refractivity contribution in [2.45, 2.75) is 64.9 Å². The van der Waals surface area contributed by atoms with Crippen molar-refractivity contribution in [2.24, 2.45) is 0 Å². The first-order chi connectivity index (χ1) is 10.5. The summed E-state index contributed by atoms with van der Waals surface area (Å²) < 4.78 is 0. The van der Waals surface area contributed by atoms with Crippen molar-refractivity contribution in [2.75, 3.05) is 6.17 Å². The molecule has 1 aromatic rings. The lowest BCUT2D eigenvalue weighted by Gasteiger charge is -2.35. The molecule has 1 rings (SSSR count). The third kappa shape index (κ3) is 8.52. The highest BCUT2D eigenvalue weighted by Crippen LogP contribution is 2.15. The van der Waals surface area contributed by atoms with Crippen molar-refractivity contribution < 1.29 is 5.11 Å². The van der Waals surface area contributed by atoms with Crippen LogP contribution in [0, 0.1) is 11.5 Å². The Balaban J connectivity index is 2.91. The molecule has 0 saturated heterocycles. The van der Waals surface area contributed by atoms with Crippen LogP contribution in [0.5, 0.6) is 0 Å². The van der Waals surface area contributed by atoms with Crippen molar-refractivity contribution in [3.05, 3.63) is 35.9 Å². The molecule has 0 saturated carbocycles. The second kappa shape index (κ2) is 8.30. The van der Waals surface area contributed by atoms with Gasteiger partial charge in [-0.05, 0) is 18.7 Å². The quantitative estimate of drug-likeness (QED) is 0.621. The molecule has 1 N–H and O–H groups in total. The van der Waals surface area contributed by atoms with E-state index in [4.69, 9.17) is 0 Å². The number of rotatable bonds is 6. The van der Waals surface area contributed by atoms with Crippen LogP contribution >= 0.6 is 0 Å². The second-order valence-corrected chi connectivity index (χ2v) is 18.8. The van der Waals surface area contributed by atoms with Crippen molar-refractivity contribution >= 4 is 16.1 Å². The number of hydrogen-bond donors (Lipinski definition) is 1. The van der Waals surface area contributed by atoms with Gasteiger partial charge in [0.05, 0.1) is 8.07 Å². The van der Waals surface area contributed by atoms with Crippen LogP contribution in [0.1, 0.15) is 12.5 Å². The van der Waals surface area contributed by atoms with Gasteiger partial charge in [-0.1, -0.05) is 75.5 Å². The van der Waals surface area contributed by atoms with Crippen molar-refractivity contribution in [1.29, 1.82) is 0 Å². The summed E-state index contributed by atoms with van der Waals surface area (Å²) in [6.45, 7) is 16.7. The summed E-state index contributed by atoms with van der Waals surface area (Å²) in [4.78, 5) is 2.41. The van der Waals surface area contributed by atoms with Gasteiger partial charge in [-0.2, -0.15) is 0 Å². The molecule has 4 heteroatoms. The lowest BCUT2D eigenvalue weighted by atomic mass is 10.1. The zero-order valence-electron chi connectivity index (χ0n) is 15.9. The van der Waals surface area contributed by atoms with E-state index in [1.165, 1.54) is 5.56 Å². The van der Waals surface area contributed by atoms with E-state index >= 15 is 0 Å². The second-order valence-electron chi connectivity index (χ2n) is 8.66. The Hall–Kier alpha value is -0.866. The van der Waals surface area contributed by atoms with Crippen LogP contribution < -0.4 is 0 Å². The van der Waals surface area contributed by atoms with Crippen molar-refractivity contribution in [3.8, 4) is 11.5 Å². The predicted octanol–water partition coefficient (Wildman–Crippen LogP) is 4.00. The van der Waals surface area contributed by atoms with Crippen LogP contribution in [-0.2, 0) is 6.54 Å². The molecule has 23 heavy (non-hydrogen) atoms. The minimum atomic E-state index is -1.45. The van der Waals surface area contributed by atoms with E-state index in [-0.39, 0.29) is 6.04 Å². The van der Waals surface area contributed by atoms with Crippen LogP contribution in [0.3, 0.4) is 0 Å². The summed E-state index contributed by atoms with van der Waals surface area (Å²) in [6.07, 6.45) is 0.483. The molecule has 0 bridgehead atoms. The van der Waals surface area contributed by atoms with Crippen LogP contribution in [-0.4, -0.2) is 44.5 Å². The Labute approximate surface area is 144 Å². The fourth-order valence-corrected chi connectivity index (χ4v) is 4.58. The molecule has 2 atom stereocenters. The fourth-order valence-electron chi connectivity index (χ4n) is 2.38. The van der Waals surface area contributed by atoms with Gasteiger partial charge in [0.25, 0.3) is 0 Å². The monoisotopic (exact) mass is 347 g/mol. The van der Waals surface area contributed by atoms with E-state index in [1.807, 2.05) is 6.07 Å². The summed E-state index contributed by atoms with van der Waals surface area (Å²) in [7, 11) is -2.72. The van der Waals surface area contributed by atoms with E-state index in [1.54, 1.807) is 0 Å². The molecule has 2 nitrogen and oxygen atoms in total. The molecule has 0 aliphatic rings. The molecule has 128 valence electrons. The van der Waals surface area contributed by atoms with Gasteiger partial charge >= 0.3 is 0 Å². The summed E-state index contributed by atoms with van der Waals surface area (Å²) in [5, 5.41) is 10.5. The molecule has 0 spiro atoms. The number of nitrogens with zero attached hydrogens (tertiary/aromatic N) is 1. The van der Waals surface area contributed by atoms with E-state index in [2.05, 4.69) is 86.8 Å². The van der Waals surface area contributed by atoms with Gasteiger partial charge in [-0.15, -0.1) is 5.54 Å². The zero-order chi connectivity index (χ0) is 17.7. The lowest BCUT2D eigenvalue weighted by molar-refractivity contribution is 0.101. The molecule has 0 amide bonds. The van der Waals surface area contributed by atoms with Gasteiger partial charge in [0.15, 0.2) is 0 Å². The Bertz CT molecular complexity index is 534. The predicted molar refractivity (Wildman–Crippen MR) is 107 cm³/mol. The highest BCUT2D eigenvalue weighted by atomic mass is 28.3. The highest BCUT2D eigenvalue weighted by molar-refractivity contribution is 6.83. The minimum absolute atomic E-state index is 0.0470. The molecule has 0 aliphatic carbocycles. The molecule has 0 unspecified atom stereocenters. The third-order valence-electron chi connectivity index (χ3n) is 3.53. The summed E-state index contributed by atoms with van der Waals surface area (Å²) in [6, 6.07) is 10.6. The molecule has 0 aliphatic heterocycles. The smallest absolute Gasteiger partial charge is 0.129 e. The molecular weight excluding hydrogens is 314 g/mol. The molecular formula is C19H33NOSi2. The largest absolute Gasteiger partial charge is 0.379 e. The fraction of sp³-hybridized carbons (Fsp3) is 0.579. The van der Waals surface area contributed by atoms with Gasteiger partial charge in [-0.25, -0.2) is 0 Å². The van der Waals surface area contributed by atoms with Gasteiger partial charge in [0, 0.05) is 12.6 Å². The average Bonchev–Trinajstić information content (AvgIpc) is 2.42. The van der Waals surface area contributed by atoms with Crippen molar-refractivity contribution in [1.82, 2.24) is 4.90 Å². The van der Waals surface area contributed by atoms with Crippen molar-refractivity contribution in [3.63, 3.8) is 0 Å². The normalized spacial score (nSPS) is 15.0. The first-order valence-electron chi connectivity index (χ1n) is 8.47. The van der Waals surface area contributed by atoms with Gasteiger partial charge < -0.3 is 5.11 Å². The van der Waals surface area contributed by atoms with E-state index in [0.717, 1.165) is 12.7 Å². The van der Waals surface area contributed by atoms with Crippen LogP contribution in [0.25, 0.3) is 0 Å². The Morgan fingerprint density at radius 1 is 1.04 bits per heavy atom.